The van der Waals surface area contributed by atoms with Crippen molar-refractivity contribution in [1.29, 1.82) is 0 Å². The van der Waals surface area contributed by atoms with E-state index in [0.717, 1.165) is 11.1 Å². The van der Waals surface area contributed by atoms with Crippen LogP contribution in [0.4, 0.5) is 4.39 Å². The Morgan fingerprint density at radius 2 is 1.87 bits per heavy atom. The van der Waals surface area contributed by atoms with E-state index in [-0.39, 0.29) is 5.82 Å². The van der Waals surface area contributed by atoms with Gasteiger partial charge in [-0.25, -0.2) is 9.37 Å². The summed E-state index contributed by atoms with van der Waals surface area (Å²) < 4.78 is 18.1. The van der Waals surface area contributed by atoms with Gasteiger partial charge in [-0.3, -0.25) is 0 Å². The molecule has 0 unspecified atom stereocenters. The highest BCUT2D eigenvalue weighted by Crippen LogP contribution is 2.29. The summed E-state index contributed by atoms with van der Waals surface area (Å²) in [6.45, 7) is 0. The van der Waals surface area contributed by atoms with Gasteiger partial charge >= 0.3 is 0 Å². The number of ether oxygens (including phenoxy) is 1. The fourth-order valence-corrected chi connectivity index (χ4v) is 1.47. The van der Waals surface area contributed by atoms with Crippen molar-refractivity contribution in [2.24, 2.45) is 0 Å². The van der Waals surface area contributed by atoms with Gasteiger partial charge < -0.3 is 4.74 Å². The third-order valence-electron chi connectivity index (χ3n) is 2.19. The van der Waals surface area contributed by atoms with Gasteiger partial charge in [-0.1, -0.05) is 0 Å². The van der Waals surface area contributed by atoms with Crippen LogP contribution in [-0.2, 0) is 0 Å². The standard InChI is InChI=1S/C12H10FNO/c1-15-12-8-10(13)2-3-11(12)9-4-6-14-7-5-9/h2-8H,1H3/p+1. The molecule has 2 rings (SSSR count). The fraction of sp³-hybridized carbons (Fsp3) is 0.0833. The monoisotopic (exact) mass is 204 g/mol. The van der Waals surface area contributed by atoms with Gasteiger partial charge in [0.25, 0.3) is 0 Å². The van der Waals surface area contributed by atoms with Crippen LogP contribution >= 0.6 is 0 Å². The summed E-state index contributed by atoms with van der Waals surface area (Å²) in [6, 6.07) is 8.34. The zero-order valence-electron chi connectivity index (χ0n) is 8.33. The topological polar surface area (TPSA) is 23.4 Å². The summed E-state index contributed by atoms with van der Waals surface area (Å²) >= 11 is 0. The van der Waals surface area contributed by atoms with Crippen LogP contribution in [0.25, 0.3) is 11.1 Å². The second-order valence-corrected chi connectivity index (χ2v) is 3.13. The normalized spacial score (nSPS) is 10.0. The molecular weight excluding hydrogens is 193 g/mol. The predicted molar refractivity (Wildman–Crippen MR) is 54.9 cm³/mol. The highest BCUT2D eigenvalue weighted by molar-refractivity contribution is 5.69. The molecule has 0 amide bonds. The molecule has 2 nitrogen and oxygen atoms in total. The lowest BCUT2D eigenvalue weighted by atomic mass is 10.1. The van der Waals surface area contributed by atoms with Crippen LogP contribution < -0.4 is 9.72 Å². The fourth-order valence-electron chi connectivity index (χ4n) is 1.47. The number of rotatable bonds is 2. The summed E-state index contributed by atoms with van der Waals surface area (Å²) in [5.74, 6) is 0.249. The van der Waals surface area contributed by atoms with Crippen molar-refractivity contribution < 1.29 is 14.1 Å². The predicted octanol–water partition coefficient (Wildman–Crippen LogP) is 2.32. The number of H-pyrrole nitrogens is 1. The first-order chi connectivity index (χ1) is 7.31. The van der Waals surface area contributed by atoms with Gasteiger partial charge in [0.1, 0.15) is 11.6 Å². The van der Waals surface area contributed by atoms with Crippen LogP contribution in [0.3, 0.4) is 0 Å². The molecular formula is C12H11FNO+. The number of hydrogen-bond acceptors (Lipinski definition) is 1. The Labute approximate surface area is 87.4 Å². The molecule has 0 saturated heterocycles. The maximum atomic E-state index is 13.0. The molecule has 0 atom stereocenters. The molecule has 0 bridgehead atoms. The highest BCUT2D eigenvalue weighted by atomic mass is 19.1. The van der Waals surface area contributed by atoms with E-state index in [1.807, 2.05) is 24.5 Å². The van der Waals surface area contributed by atoms with Gasteiger partial charge in [0.15, 0.2) is 12.4 Å². The number of benzene rings is 1. The van der Waals surface area contributed by atoms with Crippen molar-refractivity contribution in [2.75, 3.05) is 7.11 Å². The average Bonchev–Trinajstić information content (AvgIpc) is 2.30. The number of pyridine rings is 1. The molecule has 1 aromatic carbocycles. The van der Waals surface area contributed by atoms with Gasteiger partial charge in [0.05, 0.1) is 7.11 Å². The second kappa shape index (κ2) is 4.09. The maximum Gasteiger partial charge on any atom is 0.167 e. The summed E-state index contributed by atoms with van der Waals surface area (Å²) in [4.78, 5) is 2.94. The Kier molecular flexibility index (Phi) is 2.63. The summed E-state index contributed by atoms with van der Waals surface area (Å²) in [5, 5.41) is 0. The lowest BCUT2D eigenvalue weighted by molar-refractivity contribution is -0.377. The first kappa shape index (κ1) is 9.65. The second-order valence-electron chi connectivity index (χ2n) is 3.13. The first-order valence-electron chi connectivity index (χ1n) is 4.61. The Bertz CT molecular complexity index is 456. The molecule has 0 saturated carbocycles. The SMILES string of the molecule is COc1cc(F)ccc1-c1cc[nH+]cc1. The van der Waals surface area contributed by atoms with Gasteiger partial charge in [-0.2, -0.15) is 0 Å². The highest BCUT2D eigenvalue weighted by Gasteiger charge is 2.06. The summed E-state index contributed by atoms with van der Waals surface area (Å²) in [7, 11) is 1.54. The molecule has 1 aromatic heterocycles. The Hall–Kier alpha value is -1.90. The third kappa shape index (κ3) is 1.96. The van der Waals surface area contributed by atoms with E-state index in [4.69, 9.17) is 4.74 Å². The number of hydrogen-bond donors (Lipinski definition) is 0. The van der Waals surface area contributed by atoms with Crippen molar-refractivity contribution in [2.45, 2.75) is 0 Å². The number of methoxy groups -OCH3 is 1. The van der Waals surface area contributed by atoms with Crippen molar-refractivity contribution in [3.05, 3.63) is 48.5 Å². The van der Waals surface area contributed by atoms with Gasteiger partial charge in [0, 0.05) is 23.8 Å². The van der Waals surface area contributed by atoms with Gasteiger partial charge in [0.2, 0.25) is 0 Å². The number of aromatic amines is 1. The molecule has 1 N–H and O–H groups in total. The molecule has 0 spiro atoms. The van der Waals surface area contributed by atoms with Crippen LogP contribution in [0.1, 0.15) is 0 Å². The quantitative estimate of drug-likeness (QED) is 0.736. The van der Waals surface area contributed by atoms with Crippen molar-refractivity contribution in [3.8, 4) is 16.9 Å². The van der Waals surface area contributed by atoms with E-state index in [1.54, 1.807) is 6.07 Å². The molecule has 0 aliphatic heterocycles. The molecule has 3 heteroatoms. The minimum Gasteiger partial charge on any atom is -0.496 e. The van der Waals surface area contributed by atoms with Crippen LogP contribution in [-0.4, -0.2) is 7.11 Å². The zero-order valence-corrected chi connectivity index (χ0v) is 8.33. The van der Waals surface area contributed by atoms with E-state index in [9.17, 15) is 4.39 Å². The van der Waals surface area contributed by atoms with Crippen molar-refractivity contribution >= 4 is 0 Å². The summed E-state index contributed by atoms with van der Waals surface area (Å²) in [5.41, 5.74) is 1.87. The Morgan fingerprint density at radius 3 is 2.53 bits per heavy atom. The summed E-state index contributed by atoms with van der Waals surface area (Å²) in [6.07, 6.45) is 3.64. The molecule has 0 aliphatic rings. The lowest BCUT2D eigenvalue weighted by Crippen LogP contribution is -1.97. The number of halogens is 1. The zero-order chi connectivity index (χ0) is 10.7. The molecule has 0 fully saturated rings. The van der Waals surface area contributed by atoms with E-state index in [1.165, 1.54) is 19.2 Å². The van der Waals surface area contributed by atoms with E-state index in [0.29, 0.717) is 5.75 Å². The van der Waals surface area contributed by atoms with Crippen molar-refractivity contribution in [3.63, 3.8) is 0 Å². The van der Waals surface area contributed by atoms with Crippen molar-refractivity contribution in [1.82, 2.24) is 0 Å². The van der Waals surface area contributed by atoms with E-state index >= 15 is 0 Å². The number of aromatic nitrogens is 1. The smallest absolute Gasteiger partial charge is 0.167 e. The molecule has 1 heterocycles. The minimum atomic E-state index is -0.293. The molecule has 76 valence electrons. The lowest BCUT2D eigenvalue weighted by Gasteiger charge is -2.07. The number of nitrogens with one attached hydrogen (secondary N) is 1. The van der Waals surface area contributed by atoms with Crippen LogP contribution in [0.2, 0.25) is 0 Å². The van der Waals surface area contributed by atoms with E-state index < -0.39 is 0 Å². The van der Waals surface area contributed by atoms with Crippen LogP contribution in [0.5, 0.6) is 5.75 Å². The van der Waals surface area contributed by atoms with Gasteiger partial charge in [-0.15, -0.1) is 0 Å². The van der Waals surface area contributed by atoms with Gasteiger partial charge in [-0.05, 0) is 17.7 Å². The average molecular weight is 204 g/mol. The first-order valence-corrected chi connectivity index (χ1v) is 4.61. The third-order valence-corrected chi connectivity index (χ3v) is 2.19. The molecule has 15 heavy (non-hydrogen) atoms. The molecule has 2 aromatic rings. The molecule has 0 radical (unpaired) electrons. The largest absolute Gasteiger partial charge is 0.496 e. The van der Waals surface area contributed by atoms with Crippen LogP contribution in [0.15, 0.2) is 42.7 Å². The Morgan fingerprint density at radius 1 is 1.13 bits per heavy atom. The minimum absolute atomic E-state index is 0.293. The van der Waals surface area contributed by atoms with Crippen LogP contribution in [0, 0.1) is 5.82 Å². The molecule has 0 aliphatic carbocycles. The maximum absolute atomic E-state index is 13.0. The Balaban J connectivity index is 2.53. The van der Waals surface area contributed by atoms with E-state index in [2.05, 4.69) is 4.98 Å².